The van der Waals surface area contributed by atoms with Crippen LogP contribution in [0, 0.1) is 17.8 Å². The van der Waals surface area contributed by atoms with E-state index in [0.29, 0.717) is 17.2 Å². The lowest BCUT2D eigenvalue weighted by Gasteiger charge is -2.46. The molecule has 0 unspecified atom stereocenters. The molecular weight excluding hydrogens is 390 g/mol. The number of hydrogen-bond acceptors (Lipinski definition) is 6. The fourth-order valence-electron chi connectivity index (χ4n) is 5.69. The van der Waals surface area contributed by atoms with Crippen LogP contribution in [0.25, 0.3) is 0 Å². The lowest BCUT2D eigenvalue weighted by molar-refractivity contribution is -0.163. The highest BCUT2D eigenvalue weighted by molar-refractivity contribution is 8.03. The maximum Gasteiger partial charge on any atom is 0.353 e. The minimum absolute atomic E-state index is 0.0464. The second-order valence-electron chi connectivity index (χ2n) is 9.06. The molecule has 4 aliphatic rings. The number of rotatable bonds is 5. The number of hydrogen-bond donors (Lipinski definition) is 4. The van der Waals surface area contributed by atoms with Gasteiger partial charge in [0.1, 0.15) is 5.70 Å². The first-order valence-corrected chi connectivity index (χ1v) is 11.9. The number of β-lactam (4-membered cyclic amide) rings is 1. The highest BCUT2D eigenvalue weighted by Gasteiger charge is 2.60. The van der Waals surface area contributed by atoms with Crippen LogP contribution in [0.2, 0.25) is 0 Å². The Morgan fingerprint density at radius 2 is 1.97 bits per heavy atom. The minimum Gasteiger partial charge on any atom is -0.477 e. The third kappa shape index (κ3) is 3.84. The van der Waals surface area contributed by atoms with Crippen LogP contribution < -0.4 is 10.6 Å². The molecule has 1 amide bonds. The van der Waals surface area contributed by atoms with Gasteiger partial charge in [-0.05, 0) is 58.0 Å². The van der Waals surface area contributed by atoms with Crippen LogP contribution in [0.1, 0.15) is 46.0 Å². The van der Waals surface area contributed by atoms with Gasteiger partial charge in [0.15, 0.2) is 0 Å². The number of carbonyl (C=O) groups excluding carboxylic acids is 1. The molecule has 0 bridgehead atoms. The Bertz CT molecular complexity index is 689. The van der Waals surface area contributed by atoms with E-state index >= 15 is 0 Å². The Balaban J connectivity index is 1.45. The van der Waals surface area contributed by atoms with Crippen molar-refractivity contribution < 1.29 is 19.8 Å². The van der Waals surface area contributed by atoms with Crippen LogP contribution in [0.5, 0.6) is 0 Å². The van der Waals surface area contributed by atoms with E-state index in [4.69, 9.17) is 0 Å². The summed E-state index contributed by atoms with van der Waals surface area (Å²) < 4.78 is 0. The van der Waals surface area contributed by atoms with Gasteiger partial charge in [-0.25, -0.2) is 4.79 Å². The standard InChI is InChI=1S/C21H33N3O4S/c1-11-17-16(12(2)25)20(26)24(17)18(21(27)28)19(11)29-14-9-15(23-10-14)13-5-3-7-22-8-4-6-13/h11-17,22-23,25H,3-10H2,1-2H3,(H,27,28)/t11-,12-,14+,15+,16-,17-/m1/s1. The molecule has 0 spiro atoms. The zero-order valence-electron chi connectivity index (χ0n) is 17.3. The normalized spacial score (nSPS) is 37.1. The summed E-state index contributed by atoms with van der Waals surface area (Å²) in [5, 5.41) is 27.3. The largest absolute Gasteiger partial charge is 0.477 e. The van der Waals surface area contributed by atoms with Gasteiger partial charge in [0.2, 0.25) is 5.91 Å². The van der Waals surface area contributed by atoms with E-state index in [1.165, 1.54) is 30.6 Å². The van der Waals surface area contributed by atoms with Gasteiger partial charge in [0.05, 0.1) is 18.1 Å². The van der Waals surface area contributed by atoms with Gasteiger partial charge in [-0.3, -0.25) is 4.79 Å². The Morgan fingerprint density at radius 1 is 1.28 bits per heavy atom. The molecular formula is C21H33N3O4S. The number of carbonyl (C=O) groups is 2. The monoisotopic (exact) mass is 423 g/mol. The van der Waals surface area contributed by atoms with Gasteiger partial charge in [-0.1, -0.05) is 6.92 Å². The maximum absolute atomic E-state index is 12.5. The topological polar surface area (TPSA) is 102 Å². The van der Waals surface area contributed by atoms with Gasteiger partial charge in [0, 0.05) is 28.7 Å². The number of fused-ring (bicyclic) bond motifs is 1. The lowest BCUT2D eigenvalue weighted by atomic mass is 9.79. The van der Waals surface area contributed by atoms with Crippen molar-refractivity contribution in [2.45, 2.75) is 69.4 Å². The molecule has 4 rings (SSSR count). The zero-order chi connectivity index (χ0) is 20.7. The van der Waals surface area contributed by atoms with Crippen LogP contribution in [0.15, 0.2) is 10.6 Å². The van der Waals surface area contributed by atoms with Crippen molar-refractivity contribution in [2.24, 2.45) is 17.8 Å². The number of carboxylic acid groups (broad SMARTS) is 1. The summed E-state index contributed by atoms with van der Waals surface area (Å²) >= 11 is 1.65. The van der Waals surface area contributed by atoms with Crippen molar-refractivity contribution >= 4 is 23.6 Å². The number of aliphatic hydroxyl groups is 1. The quantitative estimate of drug-likeness (QED) is 0.496. The van der Waals surface area contributed by atoms with Crippen LogP contribution >= 0.6 is 11.8 Å². The smallest absolute Gasteiger partial charge is 0.353 e. The number of amides is 1. The summed E-state index contributed by atoms with van der Waals surface area (Å²) in [6.07, 6.45) is 5.20. The molecule has 4 aliphatic heterocycles. The van der Waals surface area contributed by atoms with E-state index in [2.05, 4.69) is 10.6 Å². The molecule has 0 aliphatic carbocycles. The maximum atomic E-state index is 12.5. The van der Waals surface area contributed by atoms with Crippen molar-refractivity contribution in [3.8, 4) is 0 Å². The predicted molar refractivity (Wildman–Crippen MR) is 112 cm³/mol. The highest BCUT2D eigenvalue weighted by atomic mass is 32.2. The average molecular weight is 424 g/mol. The third-order valence-electron chi connectivity index (χ3n) is 7.16. The molecule has 8 heteroatoms. The van der Waals surface area contributed by atoms with E-state index < -0.39 is 18.0 Å². The highest BCUT2D eigenvalue weighted by Crippen LogP contribution is 2.52. The summed E-state index contributed by atoms with van der Waals surface area (Å²) in [6.45, 7) is 6.70. The van der Waals surface area contributed by atoms with E-state index in [0.717, 1.165) is 31.0 Å². The fraction of sp³-hybridized carbons (Fsp3) is 0.810. The molecule has 0 aromatic carbocycles. The predicted octanol–water partition coefficient (Wildman–Crippen LogP) is 1.38. The summed E-state index contributed by atoms with van der Waals surface area (Å²) in [4.78, 5) is 26.7. The summed E-state index contributed by atoms with van der Waals surface area (Å²) in [6, 6.07) is 0.277. The number of aliphatic carboxylic acids is 1. The molecule has 0 saturated carbocycles. The SMILES string of the molecule is C[C@@H](O)[C@H]1C(=O)N2C(C(=O)O)=C(S[C@@H]3CN[C@H](C4CCCNCCC4)C3)[C@H](C)[C@H]12. The molecule has 4 heterocycles. The third-order valence-corrected chi connectivity index (χ3v) is 8.67. The van der Waals surface area contributed by atoms with Crippen molar-refractivity contribution in [1.82, 2.24) is 15.5 Å². The molecule has 29 heavy (non-hydrogen) atoms. The van der Waals surface area contributed by atoms with Crippen LogP contribution in [-0.2, 0) is 9.59 Å². The molecule has 0 aromatic rings. The number of nitrogens with zero attached hydrogens (tertiary/aromatic N) is 1. The van der Waals surface area contributed by atoms with Crippen LogP contribution in [-0.4, -0.2) is 70.1 Å². The Kier molecular flexibility index (Phi) is 6.25. The van der Waals surface area contributed by atoms with Gasteiger partial charge < -0.3 is 25.7 Å². The first-order valence-electron chi connectivity index (χ1n) is 11.0. The first-order chi connectivity index (χ1) is 13.9. The number of carboxylic acids is 1. The van der Waals surface area contributed by atoms with Gasteiger partial charge in [0.25, 0.3) is 0 Å². The molecule has 7 nitrogen and oxygen atoms in total. The molecule has 162 valence electrons. The fourth-order valence-corrected chi connectivity index (χ4v) is 7.18. The second-order valence-corrected chi connectivity index (χ2v) is 10.4. The molecule has 6 atom stereocenters. The second kappa shape index (κ2) is 8.57. The van der Waals surface area contributed by atoms with Crippen LogP contribution in [0.4, 0.5) is 0 Å². The number of aliphatic hydroxyl groups excluding tert-OH is 1. The molecule has 4 N–H and O–H groups in total. The zero-order valence-corrected chi connectivity index (χ0v) is 18.1. The van der Waals surface area contributed by atoms with E-state index in [1.807, 2.05) is 6.92 Å². The average Bonchev–Trinajstić information content (AvgIpc) is 3.17. The van der Waals surface area contributed by atoms with E-state index in [9.17, 15) is 19.8 Å². The van der Waals surface area contributed by atoms with Crippen molar-refractivity contribution in [3.63, 3.8) is 0 Å². The molecule has 0 aromatic heterocycles. The number of nitrogens with one attached hydrogen (secondary N) is 2. The van der Waals surface area contributed by atoms with Gasteiger partial charge in [-0.15, -0.1) is 11.8 Å². The summed E-state index contributed by atoms with van der Waals surface area (Å²) in [5.74, 6) is -1.13. The Hall–Kier alpha value is -1.09. The van der Waals surface area contributed by atoms with E-state index in [1.54, 1.807) is 18.7 Å². The lowest BCUT2D eigenvalue weighted by Crippen LogP contribution is -2.63. The van der Waals surface area contributed by atoms with Crippen molar-refractivity contribution in [3.05, 3.63) is 10.6 Å². The van der Waals surface area contributed by atoms with Gasteiger partial charge in [-0.2, -0.15) is 0 Å². The summed E-state index contributed by atoms with van der Waals surface area (Å²) in [7, 11) is 0. The van der Waals surface area contributed by atoms with Crippen molar-refractivity contribution in [2.75, 3.05) is 19.6 Å². The summed E-state index contributed by atoms with van der Waals surface area (Å²) in [5.41, 5.74) is 0.148. The number of thioether (sulfide) groups is 1. The van der Waals surface area contributed by atoms with Crippen molar-refractivity contribution in [1.29, 1.82) is 0 Å². The van der Waals surface area contributed by atoms with Gasteiger partial charge >= 0.3 is 5.97 Å². The minimum atomic E-state index is -1.03. The molecule has 3 saturated heterocycles. The molecule has 0 radical (unpaired) electrons. The Morgan fingerprint density at radius 3 is 2.59 bits per heavy atom. The van der Waals surface area contributed by atoms with Crippen LogP contribution in [0.3, 0.4) is 0 Å². The molecule has 3 fully saturated rings. The first kappa shape index (κ1) is 21.2. The Labute approximate surface area is 176 Å². The van der Waals surface area contributed by atoms with E-state index in [-0.39, 0.29) is 23.6 Å².